The van der Waals surface area contributed by atoms with E-state index >= 15 is 0 Å². The van der Waals surface area contributed by atoms with Crippen LogP contribution in [0.5, 0.6) is 5.75 Å². The fourth-order valence-corrected chi connectivity index (χ4v) is 3.62. The second-order valence-electron chi connectivity index (χ2n) is 7.32. The highest BCUT2D eigenvalue weighted by Gasteiger charge is 2.19. The fraction of sp³-hybridized carbons (Fsp3) is 0.348. The Labute approximate surface area is 189 Å². The number of nitrogens with one attached hydrogen (secondary N) is 2. The first-order valence-electron chi connectivity index (χ1n) is 10.2. The molecule has 0 atom stereocenters. The average Bonchev–Trinajstić information content (AvgIpc) is 2.78. The Balaban J connectivity index is 1.49. The second-order valence-corrected chi connectivity index (χ2v) is 8.23. The maximum Gasteiger partial charge on any atom is 0.342 e. The Kier molecular flexibility index (Phi) is 8.46. The van der Waals surface area contributed by atoms with Crippen molar-refractivity contribution < 1.29 is 23.9 Å². The summed E-state index contributed by atoms with van der Waals surface area (Å²) in [5.41, 5.74) is 0.790. The van der Waals surface area contributed by atoms with E-state index in [9.17, 15) is 14.4 Å². The lowest BCUT2D eigenvalue weighted by Gasteiger charge is -2.22. The molecule has 1 fully saturated rings. The zero-order chi connectivity index (χ0) is 22.1. The summed E-state index contributed by atoms with van der Waals surface area (Å²) in [6.07, 6.45) is 5.31. The molecule has 2 aromatic carbocycles. The summed E-state index contributed by atoms with van der Waals surface area (Å²) in [6, 6.07) is 13.7. The molecule has 7 nitrogen and oxygen atoms in total. The fourth-order valence-electron chi connectivity index (χ4n) is 3.36. The molecule has 0 heterocycles. The third-order valence-electron chi connectivity index (χ3n) is 4.90. The number of amides is 2. The SMILES string of the molecule is O=C(COc1ccccc1C(=O)OCC(=O)NC1CCCCC1)Nc1ccc(Br)cc1. The average molecular weight is 489 g/mol. The lowest BCUT2D eigenvalue weighted by atomic mass is 9.95. The van der Waals surface area contributed by atoms with Crippen LogP contribution in [0.25, 0.3) is 0 Å². The van der Waals surface area contributed by atoms with Crippen LogP contribution in [-0.2, 0) is 14.3 Å². The van der Waals surface area contributed by atoms with Gasteiger partial charge in [0.05, 0.1) is 0 Å². The van der Waals surface area contributed by atoms with Gasteiger partial charge in [-0.25, -0.2) is 4.79 Å². The topological polar surface area (TPSA) is 93.7 Å². The first-order chi connectivity index (χ1) is 15.0. The third kappa shape index (κ3) is 7.40. The predicted molar refractivity (Wildman–Crippen MR) is 120 cm³/mol. The van der Waals surface area contributed by atoms with Gasteiger partial charge in [0.2, 0.25) is 0 Å². The Hall–Kier alpha value is -2.87. The molecule has 1 saturated carbocycles. The summed E-state index contributed by atoms with van der Waals surface area (Å²) in [4.78, 5) is 36.6. The van der Waals surface area contributed by atoms with Gasteiger partial charge in [-0.15, -0.1) is 0 Å². The van der Waals surface area contributed by atoms with Crippen molar-refractivity contribution in [2.24, 2.45) is 0 Å². The highest BCUT2D eigenvalue weighted by atomic mass is 79.9. The standard InChI is InChI=1S/C23H25BrN2O5/c24-16-10-12-18(13-11-16)26-21(27)14-30-20-9-5-4-8-19(20)23(29)31-15-22(28)25-17-6-2-1-3-7-17/h4-5,8-13,17H,1-3,6-7,14-15H2,(H,25,28)(H,26,27). The Bertz CT molecular complexity index is 910. The van der Waals surface area contributed by atoms with Crippen molar-refractivity contribution >= 4 is 39.4 Å². The van der Waals surface area contributed by atoms with E-state index in [-0.39, 0.29) is 42.4 Å². The van der Waals surface area contributed by atoms with Crippen LogP contribution in [0.1, 0.15) is 42.5 Å². The van der Waals surface area contributed by atoms with Crippen molar-refractivity contribution in [3.05, 3.63) is 58.6 Å². The minimum absolute atomic E-state index is 0.153. The molecule has 31 heavy (non-hydrogen) atoms. The summed E-state index contributed by atoms with van der Waals surface area (Å²) < 4.78 is 11.6. The molecule has 0 spiro atoms. The van der Waals surface area contributed by atoms with Gasteiger partial charge in [0.25, 0.3) is 11.8 Å². The number of rotatable bonds is 8. The highest BCUT2D eigenvalue weighted by Crippen LogP contribution is 2.20. The Morgan fingerprint density at radius 2 is 1.61 bits per heavy atom. The van der Waals surface area contributed by atoms with Crippen molar-refractivity contribution in [1.29, 1.82) is 0 Å². The van der Waals surface area contributed by atoms with Crippen molar-refractivity contribution in [3.63, 3.8) is 0 Å². The van der Waals surface area contributed by atoms with E-state index < -0.39 is 5.97 Å². The monoisotopic (exact) mass is 488 g/mol. The van der Waals surface area contributed by atoms with Crippen molar-refractivity contribution in [3.8, 4) is 5.75 Å². The molecule has 0 unspecified atom stereocenters. The normalized spacial score (nSPS) is 13.8. The van der Waals surface area contributed by atoms with Crippen LogP contribution >= 0.6 is 15.9 Å². The van der Waals surface area contributed by atoms with Crippen LogP contribution in [0.4, 0.5) is 5.69 Å². The molecule has 0 aromatic heterocycles. The quantitative estimate of drug-likeness (QED) is 0.546. The first kappa shape index (κ1) is 22.8. The van der Waals surface area contributed by atoms with E-state index in [1.807, 2.05) is 12.1 Å². The molecule has 0 radical (unpaired) electrons. The largest absolute Gasteiger partial charge is 0.483 e. The number of esters is 1. The van der Waals surface area contributed by atoms with Crippen LogP contribution in [0, 0.1) is 0 Å². The van der Waals surface area contributed by atoms with Gasteiger partial charge in [0.1, 0.15) is 11.3 Å². The molecule has 1 aliphatic rings. The molecule has 0 saturated heterocycles. The molecule has 3 rings (SSSR count). The van der Waals surface area contributed by atoms with Crippen LogP contribution in [-0.4, -0.2) is 37.0 Å². The molecule has 1 aliphatic carbocycles. The minimum atomic E-state index is -0.678. The number of hydrogen-bond donors (Lipinski definition) is 2. The van der Waals surface area contributed by atoms with Crippen LogP contribution in [0.15, 0.2) is 53.0 Å². The Morgan fingerprint density at radius 1 is 0.903 bits per heavy atom. The van der Waals surface area contributed by atoms with Gasteiger partial charge in [0.15, 0.2) is 13.2 Å². The van der Waals surface area contributed by atoms with Crippen molar-refractivity contribution in [2.75, 3.05) is 18.5 Å². The van der Waals surface area contributed by atoms with Gasteiger partial charge in [0, 0.05) is 16.2 Å². The number of para-hydroxylation sites is 1. The van der Waals surface area contributed by atoms with Gasteiger partial charge in [-0.3, -0.25) is 9.59 Å². The number of halogens is 1. The lowest BCUT2D eigenvalue weighted by molar-refractivity contribution is -0.125. The number of benzene rings is 2. The predicted octanol–water partition coefficient (Wildman–Crippen LogP) is 4.07. The van der Waals surface area contributed by atoms with E-state index in [0.29, 0.717) is 5.69 Å². The molecular weight excluding hydrogens is 464 g/mol. The molecule has 0 bridgehead atoms. The van der Waals surface area contributed by atoms with E-state index in [2.05, 4.69) is 26.6 Å². The second kappa shape index (κ2) is 11.5. The van der Waals surface area contributed by atoms with Gasteiger partial charge in [-0.05, 0) is 49.2 Å². The molecule has 8 heteroatoms. The van der Waals surface area contributed by atoms with Gasteiger partial charge < -0.3 is 20.1 Å². The number of carbonyl (C=O) groups is 3. The summed E-state index contributed by atoms with van der Waals surface area (Å²) >= 11 is 3.33. The highest BCUT2D eigenvalue weighted by molar-refractivity contribution is 9.10. The molecule has 2 amide bonds. The summed E-state index contributed by atoms with van der Waals surface area (Å²) in [6.45, 7) is -0.629. The van der Waals surface area contributed by atoms with E-state index in [1.54, 1.807) is 30.3 Å². The zero-order valence-electron chi connectivity index (χ0n) is 17.1. The molecule has 2 aromatic rings. The maximum atomic E-state index is 12.4. The van der Waals surface area contributed by atoms with Gasteiger partial charge in [-0.1, -0.05) is 47.3 Å². The smallest absolute Gasteiger partial charge is 0.342 e. The Morgan fingerprint density at radius 3 is 2.35 bits per heavy atom. The maximum absolute atomic E-state index is 12.4. The van der Waals surface area contributed by atoms with Crippen molar-refractivity contribution in [2.45, 2.75) is 38.1 Å². The summed E-state index contributed by atoms with van der Waals surface area (Å²) in [5.74, 6) is -1.14. The zero-order valence-corrected chi connectivity index (χ0v) is 18.7. The summed E-state index contributed by atoms with van der Waals surface area (Å²) in [7, 11) is 0. The number of anilines is 1. The lowest BCUT2D eigenvalue weighted by Crippen LogP contribution is -2.38. The molecule has 164 valence electrons. The minimum Gasteiger partial charge on any atom is -0.483 e. The van der Waals surface area contributed by atoms with Crippen LogP contribution < -0.4 is 15.4 Å². The van der Waals surface area contributed by atoms with E-state index in [0.717, 1.165) is 30.2 Å². The molecule has 2 N–H and O–H groups in total. The van der Waals surface area contributed by atoms with Gasteiger partial charge in [-0.2, -0.15) is 0 Å². The van der Waals surface area contributed by atoms with Crippen molar-refractivity contribution in [1.82, 2.24) is 5.32 Å². The van der Waals surface area contributed by atoms with Gasteiger partial charge >= 0.3 is 5.97 Å². The number of carbonyl (C=O) groups excluding carboxylic acids is 3. The molecule has 0 aliphatic heterocycles. The van der Waals surface area contributed by atoms with Crippen LogP contribution in [0.2, 0.25) is 0 Å². The van der Waals surface area contributed by atoms with E-state index in [1.165, 1.54) is 12.5 Å². The molecular formula is C23H25BrN2O5. The summed E-state index contributed by atoms with van der Waals surface area (Å²) in [5, 5.41) is 5.62. The number of ether oxygens (including phenoxy) is 2. The third-order valence-corrected chi connectivity index (χ3v) is 5.43. The number of hydrogen-bond acceptors (Lipinski definition) is 5. The van der Waals surface area contributed by atoms with E-state index in [4.69, 9.17) is 9.47 Å². The van der Waals surface area contributed by atoms with Crippen LogP contribution in [0.3, 0.4) is 0 Å². The first-order valence-corrected chi connectivity index (χ1v) is 11.0.